The Morgan fingerprint density at radius 2 is 2.29 bits per heavy atom. The normalized spacial score (nSPS) is 22.1. The van der Waals surface area contributed by atoms with Gasteiger partial charge in [0.05, 0.1) is 6.04 Å². The number of nitrogens with zero attached hydrogens (tertiary/aromatic N) is 4. The molecular weight excluding hydrogens is 266 g/mol. The fraction of sp³-hybridized carbons (Fsp3) is 0.800. The summed E-state index contributed by atoms with van der Waals surface area (Å²) in [6, 6.07) is -0.391. The average molecular weight is 293 g/mol. The molecule has 3 atom stereocenters. The summed E-state index contributed by atoms with van der Waals surface area (Å²) in [5.41, 5.74) is 6.10. The van der Waals surface area contributed by atoms with E-state index >= 15 is 0 Å². The van der Waals surface area contributed by atoms with E-state index < -0.39 is 6.04 Å². The Hall–Kier alpha value is -1.43. The predicted octanol–water partition coefficient (Wildman–Crippen LogP) is 1.38. The topological polar surface area (TPSA) is 77.0 Å². The van der Waals surface area contributed by atoms with Crippen LogP contribution in [0.4, 0.5) is 0 Å². The van der Waals surface area contributed by atoms with E-state index in [-0.39, 0.29) is 17.7 Å². The van der Waals surface area contributed by atoms with Crippen LogP contribution in [0.1, 0.15) is 51.8 Å². The van der Waals surface area contributed by atoms with Crippen molar-refractivity contribution in [3.8, 4) is 0 Å². The van der Waals surface area contributed by atoms with Gasteiger partial charge in [0, 0.05) is 25.6 Å². The van der Waals surface area contributed by atoms with Crippen LogP contribution < -0.4 is 5.73 Å². The maximum absolute atomic E-state index is 12.5. The largest absolute Gasteiger partial charge is 0.341 e. The van der Waals surface area contributed by atoms with E-state index in [2.05, 4.69) is 28.6 Å². The third-order valence-electron chi connectivity index (χ3n) is 4.63. The maximum Gasteiger partial charge on any atom is 0.239 e. The molecular formula is C15H27N5O. The van der Waals surface area contributed by atoms with Crippen molar-refractivity contribution in [2.75, 3.05) is 13.1 Å². The summed E-state index contributed by atoms with van der Waals surface area (Å²) in [5.74, 6) is 1.56. The summed E-state index contributed by atoms with van der Waals surface area (Å²) in [7, 11) is 0. The van der Waals surface area contributed by atoms with Crippen LogP contribution in [0, 0.1) is 5.92 Å². The number of hydrogen-bond donors (Lipinski definition) is 1. The van der Waals surface area contributed by atoms with Crippen LogP contribution in [0.25, 0.3) is 0 Å². The number of aromatic nitrogens is 3. The molecule has 2 rings (SSSR count). The zero-order valence-corrected chi connectivity index (χ0v) is 13.3. The molecule has 0 spiro atoms. The number of carbonyl (C=O) groups excluding carboxylic acids is 1. The Morgan fingerprint density at radius 1 is 1.52 bits per heavy atom. The number of nitrogens with two attached hydrogens (primary N) is 1. The standard InChI is InChI=1S/C15H27N5O/c1-4-11(3)13(16)15(21)20-8-6-7-12(9-20)14-18-17-10-19(14)5-2/h10-13H,4-9,16H2,1-3H3. The molecule has 1 saturated heterocycles. The zero-order chi connectivity index (χ0) is 15.4. The molecule has 118 valence electrons. The van der Waals surface area contributed by atoms with Gasteiger partial charge in [-0.3, -0.25) is 4.79 Å². The highest BCUT2D eigenvalue weighted by atomic mass is 16.2. The first kappa shape index (κ1) is 15.9. The first-order valence-electron chi connectivity index (χ1n) is 8.00. The highest BCUT2D eigenvalue weighted by molar-refractivity contribution is 5.82. The summed E-state index contributed by atoms with van der Waals surface area (Å²) >= 11 is 0. The second kappa shape index (κ2) is 7.02. The minimum atomic E-state index is -0.391. The van der Waals surface area contributed by atoms with E-state index in [1.54, 1.807) is 6.33 Å². The van der Waals surface area contributed by atoms with Crippen molar-refractivity contribution in [1.82, 2.24) is 19.7 Å². The summed E-state index contributed by atoms with van der Waals surface area (Å²) in [6.45, 7) is 8.57. The van der Waals surface area contributed by atoms with Gasteiger partial charge in [0.1, 0.15) is 12.2 Å². The molecule has 1 fully saturated rings. The van der Waals surface area contributed by atoms with Gasteiger partial charge in [-0.15, -0.1) is 10.2 Å². The van der Waals surface area contributed by atoms with Crippen LogP contribution in [0.15, 0.2) is 6.33 Å². The van der Waals surface area contributed by atoms with Crippen molar-refractivity contribution in [2.24, 2.45) is 11.7 Å². The van der Waals surface area contributed by atoms with Crippen LogP contribution >= 0.6 is 0 Å². The molecule has 6 nitrogen and oxygen atoms in total. The van der Waals surface area contributed by atoms with Gasteiger partial charge in [-0.25, -0.2) is 0 Å². The number of carbonyl (C=O) groups is 1. The molecule has 3 unspecified atom stereocenters. The third-order valence-corrected chi connectivity index (χ3v) is 4.63. The van der Waals surface area contributed by atoms with Gasteiger partial charge in [0.25, 0.3) is 0 Å². The fourth-order valence-electron chi connectivity index (χ4n) is 2.92. The van der Waals surface area contributed by atoms with Crippen molar-refractivity contribution in [2.45, 2.75) is 58.5 Å². The summed E-state index contributed by atoms with van der Waals surface area (Å²) in [6.07, 6.45) is 4.75. The molecule has 0 saturated carbocycles. The Labute approximate surface area is 126 Å². The lowest BCUT2D eigenvalue weighted by Crippen LogP contribution is -2.50. The van der Waals surface area contributed by atoms with Crippen LogP contribution in [0.3, 0.4) is 0 Å². The molecule has 21 heavy (non-hydrogen) atoms. The summed E-state index contributed by atoms with van der Waals surface area (Å²) < 4.78 is 2.06. The van der Waals surface area contributed by atoms with Crippen LogP contribution in [-0.4, -0.2) is 44.7 Å². The Kier molecular flexibility index (Phi) is 5.33. The lowest BCUT2D eigenvalue weighted by atomic mass is 9.94. The van der Waals surface area contributed by atoms with Crippen molar-refractivity contribution >= 4 is 5.91 Å². The van der Waals surface area contributed by atoms with Gasteiger partial charge >= 0.3 is 0 Å². The van der Waals surface area contributed by atoms with Crippen molar-refractivity contribution in [1.29, 1.82) is 0 Å². The van der Waals surface area contributed by atoms with E-state index in [0.29, 0.717) is 6.54 Å². The van der Waals surface area contributed by atoms with Crippen LogP contribution in [0.2, 0.25) is 0 Å². The fourth-order valence-corrected chi connectivity index (χ4v) is 2.92. The lowest BCUT2D eigenvalue weighted by molar-refractivity contribution is -0.135. The van der Waals surface area contributed by atoms with Crippen LogP contribution in [-0.2, 0) is 11.3 Å². The average Bonchev–Trinajstić information content (AvgIpc) is 3.01. The van der Waals surface area contributed by atoms with Gasteiger partial charge in [0.15, 0.2) is 0 Å². The molecule has 1 aliphatic rings. The molecule has 1 amide bonds. The number of hydrogen-bond acceptors (Lipinski definition) is 4. The van der Waals surface area contributed by atoms with Crippen molar-refractivity contribution in [3.05, 3.63) is 12.2 Å². The van der Waals surface area contributed by atoms with E-state index in [9.17, 15) is 4.79 Å². The molecule has 1 aromatic rings. The molecule has 0 aromatic carbocycles. The zero-order valence-electron chi connectivity index (χ0n) is 13.3. The molecule has 2 heterocycles. The van der Waals surface area contributed by atoms with Crippen molar-refractivity contribution < 1.29 is 4.79 Å². The van der Waals surface area contributed by atoms with Gasteiger partial charge < -0.3 is 15.2 Å². The second-order valence-electron chi connectivity index (χ2n) is 6.01. The number of piperidine rings is 1. The maximum atomic E-state index is 12.5. The molecule has 0 bridgehead atoms. The minimum absolute atomic E-state index is 0.0802. The van der Waals surface area contributed by atoms with E-state index in [1.165, 1.54) is 0 Å². The van der Waals surface area contributed by atoms with Crippen molar-refractivity contribution in [3.63, 3.8) is 0 Å². The number of aryl methyl sites for hydroxylation is 1. The molecule has 1 aromatic heterocycles. The lowest BCUT2D eigenvalue weighted by Gasteiger charge is -2.35. The Morgan fingerprint density at radius 3 is 2.95 bits per heavy atom. The molecule has 0 radical (unpaired) electrons. The molecule has 6 heteroatoms. The predicted molar refractivity (Wildman–Crippen MR) is 81.7 cm³/mol. The Bertz CT molecular complexity index is 472. The van der Waals surface area contributed by atoms with Gasteiger partial charge in [-0.1, -0.05) is 20.3 Å². The monoisotopic (exact) mass is 293 g/mol. The van der Waals surface area contributed by atoms with E-state index in [1.807, 2.05) is 11.8 Å². The van der Waals surface area contributed by atoms with Gasteiger partial charge in [-0.2, -0.15) is 0 Å². The first-order chi connectivity index (χ1) is 10.1. The molecule has 2 N–H and O–H groups in total. The number of amides is 1. The SMILES string of the molecule is CCC(C)C(N)C(=O)N1CCCC(c2nncn2CC)C1. The molecule has 1 aliphatic heterocycles. The van der Waals surface area contributed by atoms with Gasteiger partial charge in [0.2, 0.25) is 5.91 Å². The summed E-state index contributed by atoms with van der Waals surface area (Å²) in [4.78, 5) is 14.4. The number of rotatable bonds is 5. The highest BCUT2D eigenvalue weighted by Crippen LogP contribution is 2.26. The smallest absolute Gasteiger partial charge is 0.239 e. The quantitative estimate of drug-likeness (QED) is 0.889. The minimum Gasteiger partial charge on any atom is -0.341 e. The first-order valence-corrected chi connectivity index (χ1v) is 8.00. The number of likely N-dealkylation sites (tertiary alicyclic amines) is 1. The summed E-state index contributed by atoms with van der Waals surface area (Å²) in [5, 5.41) is 8.24. The Balaban J connectivity index is 2.05. The van der Waals surface area contributed by atoms with E-state index in [4.69, 9.17) is 5.73 Å². The third kappa shape index (κ3) is 3.43. The highest BCUT2D eigenvalue weighted by Gasteiger charge is 2.31. The van der Waals surface area contributed by atoms with E-state index in [0.717, 1.165) is 38.2 Å². The van der Waals surface area contributed by atoms with Gasteiger partial charge in [-0.05, 0) is 25.7 Å². The molecule has 0 aliphatic carbocycles. The van der Waals surface area contributed by atoms with Crippen LogP contribution in [0.5, 0.6) is 0 Å². The second-order valence-corrected chi connectivity index (χ2v) is 6.01.